The molecule has 5 aromatic rings. The summed E-state index contributed by atoms with van der Waals surface area (Å²) in [6.07, 6.45) is 10.3. The van der Waals surface area contributed by atoms with Gasteiger partial charge in [0.25, 0.3) is 0 Å². The van der Waals surface area contributed by atoms with Gasteiger partial charge in [0, 0.05) is 32.8 Å². The van der Waals surface area contributed by atoms with E-state index in [2.05, 4.69) is 114 Å². The Morgan fingerprint density at radius 2 is 1.26 bits per heavy atom. The summed E-state index contributed by atoms with van der Waals surface area (Å²) in [7, 11) is 4.84. The highest BCUT2D eigenvalue weighted by Gasteiger charge is 2.55. The van der Waals surface area contributed by atoms with Crippen LogP contribution in [-0.4, -0.2) is 33.7 Å². The van der Waals surface area contributed by atoms with Crippen LogP contribution in [0.2, 0.25) is 0 Å². The molecule has 1 saturated carbocycles. The van der Waals surface area contributed by atoms with Gasteiger partial charge in [-0.3, -0.25) is 0 Å². The van der Waals surface area contributed by atoms with E-state index in [0.717, 1.165) is 64.7 Å². The van der Waals surface area contributed by atoms with E-state index < -0.39 is 13.5 Å². The van der Waals surface area contributed by atoms with Crippen molar-refractivity contribution in [2.24, 2.45) is 10.8 Å². The maximum absolute atomic E-state index is 7.75. The second-order valence-electron chi connectivity index (χ2n) is 16.8. The number of benzene rings is 5. The van der Waals surface area contributed by atoms with Crippen molar-refractivity contribution in [3.8, 4) is 34.1 Å². The first-order chi connectivity index (χ1) is 25.4. The van der Waals surface area contributed by atoms with Gasteiger partial charge in [-0.2, -0.15) is 0 Å². The molecule has 1 heterocycles. The average Bonchev–Trinajstić information content (AvgIpc) is 3.42. The van der Waals surface area contributed by atoms with Crippen molar-refractivity contribution in [3.63, 3.8) is 0 Å². The van der Waals surface area contributed by atoms with Gasteiger partial charge >= 0.3 is 0 Å². The zero-order valence-corrected chi connectivity index (χ0v) is 33.7. The third kappa shape index (κ3) is 5.58. The molecule has 0 N–H and O–H groups in total. The van der Waals surface area contributed by atoms with Gasteiger partial charge in [-0.05, 0) is 113 Å². The normalized spacial score (nSPS) is 18.3. The SMILES string of the molecule is CCP(CC)c1cc2c3c(c4c(c2cc1OC)OC(c1ccc(OC)cc1)(c1ccc(OC)cc1)C=C4)C1(CC(C)(C)CC(C)(C)C1)c1ccccc1-3. The quantitative estimate of drug-likeness (QED) is 0.149. The van der Waals surface area contributed by atoms with E-state index >= 15 is 0 Å². The lowest BCUT2D eigenvalue weighted by Gasteiger charge is -2.52. The Bertz CT molecular complexity index is 2160. The number of hydrogen-bond donors (Lipinski definition) is 0. The first-order valence-electron chi connectivity index (χ1n) is 19.2. The molecule has 0 unspecified atom stereocenters. The summed E-state index contributed by atoms with van der Waals surface area (Å²) in [6, 6.07) is 30.7. The van der Waals surface area contributed by atoms with Crippen LogP contribution in [0.5, 0.6) is 23.0 Å². The summed E-state index contributed by atoms with van der Waals surface area (Å²) in [4.78, 5) is 0. The van der Waals surface area contributed by atoms with E-state index in [4.69, 9.17) is 18.9 Å². The molecule has 1 spiro atoms. The van der Waals surface area contributed by atoms with Gasteiger partial charge in [0.15, 0.2) is 5.60 Å². The molecular formula is C48H53O4P. The van der Waals surface area contributed by atoms with Gasteiger partial charge in [0.05, 0.1) is 21.3 Å². The van der Waals surface area contributed by atoms with Gasteiger partial charge < -0.3 is 18.9 Å². The highest BCUT2D eigenvalue weighted by molar-refractivity contribution is 7.65. The Labute approximate surface area is 317 Å². The summed E-state index contributed by atoms with van der Waals surface area (Å²) in [5.74, 6) is 3.49. The Balaban J connectivity index is 1.50. The van der Waals surface area contributed by atoms with Crippen LogP contribution in [0.25, 0.3) is 28.0 Å². The largest absolute Gasteiger partial charge is 0.497 e. The molecule has 53 heavy (non-hydrogen) atoms. The molecular weight excluding hydrogens is 671 g/mol. The smallest absolute Gasteiger partial charge is 0.178 e. The Morgan fingerprint density at radius 1 is 0.679 bits per heavy atom. The Morgan fingerprint density at radius 3 is 1.81 bits per heavy atom. The molecule has 0 aromatic heterocycles. The Hall–Kier alpha value is -4.27. The van der Waals surface area contributed by atoms with Crippen LogP contribution >= 0.6 is 7.92 Å². The van der Waals surface area contributed by atoms with Crippen molar-refractivity contribution in [1.29, 1.82) is 0 Å². The molecule has 0 bridgehead atoms. The topological polar surface area (TPSA) is 36.9 Å². The van der Waals surface area contributed by atoms with Gasteiger partial charge in [-0.15, -0.1) is 0 Å². The molecule has 3 aliphatic rings. The minimum Gasteiger partial charge on any atom is -0.497 e. The number of fused-ring (bicyclic) bond motifs is 10. The molecule has 8 rings (SSSR count). The first kappa shape index (κ1) is 35.7. The summed E-state index contributed by atoms with van der Waals surface area (Å²) in [6.45, 7) is 14.6. The van der Waals surface area contributed by atoms with Crippen LogP contribution in [0.1, 0.15) is 88.6 Å². The second kappa shape index (κ2) is 12.9. The van der Waals surface area contributed by atoms with E-state index in [-0.39, 0.29) is 16.2 Å². The van der Waals surface area contributed by atoms with Crippen molar-refractivity contribution in [2.45, 2.75) is 71.8 Å². The number of ether oxygens (including phenoxy) is 4. The zero-order chi connectivity index (χ0) is 37.3. The van der Waals surface area contributed by atoms with Crippen molar-refractivity contribution >= 4 is 30.1 Å². The van der Waals surface area contributed by atoms with E-state index in [9.17, 15) is 0 Å². The fourth-order valence-corrected chi connectivity index (χ4v) is 12.7. The molecule has 0 atom stereocenters. The van der Waals surface area contributed by atoms with Gasteiger partial charge in [-0.25, -0.2) is 0 Å². The van der Waals surface area contributed by atoms with E-state index in [1.54, 1.807) is 14.2 Å². The maximum atomic E-state index is 7.75. The first-order valence-corrected chi connectivity index (χ1v) is 20.9. The van der Waals surface area contributed by atoms with Crippen molar-refractivity contribution in [3.05, 3.63) is 119 Å². The van der Waals surface area contributed by atoms with Gasteiger partial charge in [0.2, 0.25) is 0 Å². The fraction of sp³-hybridized carbons (Fsp3) is 0.375. The average molecular weight is 725 g/mol. The van der Waals surface area contributed by atoms with Gasteiger partial charge in [0.1, 0.15) is 23.0 Å². The predicted octanol–water partition coefficient (Wildman–Crippen LogP) is 11.9. The Kier molecular flexibility index (Phi) is 8.73. The lowest BCUT2D eigenvalue weighted by atomic mass is 9.52. The van der Waals surface area contributed by atoms with E-state index in [0.29, 0.717) is 0 Å². The second-order valence-corrected chi connectivity index (χ2v) is 19.7. The molecule has 5 heteroatoms. The molecule has 2 aliphatic carbocycles. The zero-order valence-electron chi connectivity index (χ0n) is 32.9. The van der Waals surface area contributed by atoms with Crippen LogP contribution in [0, 0.1) is 10.8 Å². The summed E-state index contributed by atoms with van der Waals surface area (Å²) in [5, 5.41) is 3.70. The molecule has 4 nitrogen and oxygen atoms in total. The minimum atomic E-state index is -0.901. The lowest BCUT2D eigenvalue weighted by Crippen LogP contribution is -2.44. The molecule has 1 aliphatic heterocycles. The molecule has 0 radical (unpaired) electrons. The van der Waals surface area contributed by atoms with E-state index in [1.165, 1.54) is 44.9 Å². The molecule has 0 amide bonds. The minimum absolute atomic E-state index is 0.150. The summed E-state index contributed by atoms with van der Waals surface area (Å²) >= 11 is 0. The van der Waals surface area contributed by atoms with Crippen LogP contribution in [0.4, 0.5) is 0 Å². The fourth-order valence-electron chi connectivity index (χ4n) is 10.8. The standard InChI is InChI=1S/C48H53O4P/c1-10-53(11-2)41-27-37-38(26-40(41)51-9)44-36(43-42(37)35-14-12-13-15-39(35)47(43)29-45(3,4)28-46(5,6)30-47)24-25-48(52-44,31-16-20-33(49-7)21-17-31)32-18-22-34(50-8)23-19-32/h12-27H,10-11,28-30H2,1-9H3. The number of methoxy groups -OCH3 is 3. The highest BCUT2D eigenvalue weighted by atomic mass is 31.1. The van der Waals surface area contributed by atoms with Crippen molar-refractivity contribution in [1.82, 2.24) is 0 Å². The van der Waals surface area contributed by atoms with Crippen LogP contribution in [0.15, 0.2) is 91.0 Å². The van der Waals surface area contributed by atoms with E-state index in [1.807, 2.05) is 31.4 Å². The molecule has 5 aromatic carbocycles. The van der Waals surface area contributed by atoms with Crippen molar-refractivity contribution in [2.75, 3.05) is 33.7 Å². The summed E-state index contributed by atoms with van der Waals surface area (Å²) < 4.78 is 25.2. The summed E-state index contributed by atoms with van der Waals surface area (Å²) in [5.41, 5.74) is 8.13. The lowest BCUT2D eigenvalue weighted by molar-refractivity contribution is 0.0642. The highest BCUT2D eigenvalue weighted by Crippen LogP contribution is 2.67. The monoisotopic (exact) mass is 724 g/mol. The number of hydrogen-bond acceptors (Lipinski definition) is 4. The number of rotatable bonds is 8. The molecule has 1 fully saturated rings. The third-order valence-corrected chi connectivity index (χ3v) is 14.8. The van der Waals surface area contributed by atoms with Crippen molar-refractivity contribution < 1.29 is 18.9 Å². The maximum Gasteiger partial charge on any atom is 0.178 e. The van der Waals surface area contributed by atoms with Gasteiger partial charge in [-0.1, -0.05) is 104 Å². The third-order valence-electron chi connectivity index (χ3n) is 12.2. The van der Waals surface area contributed by atoms with Crippen LogP contribution < -0.4 is 24.3 Å². The van der Waals surface area contributed by atoms with Crippen LogP contribution in [-0.2, 0) is 11.0 Å². The van der Waals surface area contributed by atoms with Crippen LogP contribution in [0.3, 0.4) is 0 Å². The molecule has 274 valence electrons. The predicted molar refractivity (Wildman–Crippen MR) is 222 cm³/mol. The molecule has 0 saturated heterocycles.